The largest absolute Gasteiger partial charge is 0.489 e. The van der Waals surface area contributed by atoms with E-state index in [2.05, 4.69) is 48.6 Å². The summed E-state index contributed by atoms with van der Waals surface area (Å²) in [5.41, 5.74) is 3.91. The Bertz CT molecular complexity index is 590. The van der Waals surface area contributed by atoms with Gasteiger partial charge in [0, 0.05) is 6.04 Å². The Morgan fingerprint density at radius 3 is 2.62 bits per heavy atom. The molecule has 0 atom stereocenters. The molecule has 21 heavy (non-hydrogen) atoms. The number of rotatable bonds is 7. The molecule has 0 aliphatic heterocycles. The zero-order valence-electron chi connectivity index (χ0n) is 12.6. The first-order chi connectivity index (χ1) is 10.3. The zero-order chi connectivity index (χ0) is 14.5. The first kappa shape index (κ1) is 14.2. The van der Waals surface area contributed by atoms with Crippen molar-refractivity contribution < 1.29 is 4.74 Å². The number of nitrogens with one attached hydrogen (secondary N) is 1. The third-order valence-corrected chi connectivity index (χ3v) is 3.91. The highest BCUT2D eigenvalue weighted by Crippen LogP contribution is 2.19. The third kappa shape index (κ3) is 4.33. The highest BCUT2D eigenvalue weighted by Gasteiger charge is 2.19. The molecule has 0 aromatic heterocycles. The second-order valence-corrected chi connectivity index (χ2v) is 5.85. The number of hydrogen-bond acceptors (Lipinski definition) is 2. The van der Waals surface area contributed by atoms with Crippen LogP contribution < -0.4 is 10.1 Å². The van der Waals surface area contributed by atoms with Gasteiger partial charge < -0.3 is 10.1 Å². The van der Waals surface area contributed by atoms with E-state index in [1.54, 1.807) is 0 Å². The van der Waals surface area contributed by atoms with Gasteiger partial charge in [0.1, 0.15) is 12.4 Å². The van der Waals surface area contributed by atoms with Crippen LogP contribution in [0.2, 0.25) is 0 Å². The lowest BCUT2D eigenvalue weighted by molar-refractivity contribution is 0.304. The molecular formula is C19H23NO. The molecular weight excluding hydrogens is 258 g/mol. The lowest BCUT2D eigenvalue weighted by atomic mass is 10.1. The molecule has 0 unspecified atom stereocenters. The molecule has 0 radical (unpaired) electrons. The van der Waals surface area contributed by atoms with E-state index < -0.39 is 0 Å². The van der Waals surface area contributed by atoms with E-state index in [1.807, 2.05) is 12.1 Å². The average molecular weight is 281 g/mol. The maximum atomic E-state index is 5.93. The van der Waals surface area contributed by atoms with Crippen LogP contribution in [0.5, 0.6) is 5.75 Å². The van der Waals surface area contributed by atoms with Crippen LogP contribution in [0.15, 0.2) is 48.5 Å². The van der Waals surface area contributed by atoms with E-state index in [1.165, 1.54) is 29.5 Å². The quantitative estimate of drug-likeness (QED) is 0.832. The summed E-state index contributed by atoms with van der Waals surface area (Å²) < 4.78 is 5.93. The number of benzene rings is 2. The van der Waals surface area contributed by atoms with Crippen molar-refractivity contribution in [3.8, 4) is 5.75 Å². The lowest BCUT2D eigenvalue weighted by Gasteiger charge is -2.12. The Morgan fingerprint density at radius 1 is 1.05 bits per heavy atom. The summed E-state index contributed by atoms with van der Waals surface area (Å²) in [6.07, 6.45) is 3.76. The molecule has 1 N–H and O–H groups in total. The molecule has 2 aromatic carbocycles. The number of hydrogen-bond donors (Lipinski definition) is 1. The van der Waals surface area contributed by atoms with Gasteiger partial charge in [-0.1, -0.05) is 36.4 Å². The number of aryl methyl sites for hydroxylation is 1. The van der Waals surface area contributed by atoms with Crippen molar-refractivity contribution in [2.24, 2.45) is 0 Å². The Kier molecular flexibility index (Phi) is 4.56. The molecule has 0 saturated heterocycles. The average Bonchev–Trinajstić information content (AvgIpc) is 3.31. The van der Waals surface area contributed by atoms with Crippen LogP contribution in [-0.2, 0) is 13.0 Å². The molecule has 1 saturated carbocycles. The summed E-state index contributed by atoms with van der Waals surface area (Å²) in [7, 11) is 0. The summed E-state index contributed by atoms with van der Waals surface area (Å²) in [5, 5.41) is 3.57. The van der Waals surface area contributed by atoms with Gasteiger partial charge >= 0.3 is 0 Å². The predicted octanol–water partition coefficient (Wildman–Crippen LogP) is 3.87. The molecule has 0 amide bonds. The second-order valence-electron chi connectivity index (χ2n) is 5.85. The SMILES string of the molecule is Cc1cccc(OCc2ccccc2CCNC2CC2)c1. The maximum absolute atomic E-state index is 5.93. The van der Waals surface area contributed by atoms with Gasteiger partial charge in [0.25, 0.3) is 0 Å². The molecule has 2 aromatic rings. The van der Waals surface area contributed by atoms with Crippen LogP contribution in [0, 0.1) is 6.92 Å². The molecule has 2 heteroatoms. The van der Waals surface area contributed by atoms with Crippen LogP contribution in [0.25, 0.3) is 0 Å². The Hall–Kier alpha value is -1.80. The van der Waals surface area contributed by atoms with E-state index >= 15 is 0 Å². The second kappa shape index (κ2) is 6.77. The molecule has 110 valence electrons. The van der Waals surface area contributed by atoms with Gasteiger partial charge in [-0.05, 0) is 61.6 Å². The minimum absolute atomic E-state index is 0.642. The topological polar surface area (TPSA) is 21.3 Å². The number of ether oxygens (including phenoxy) is 1. The van der Waals surface area contributed by atoms with Gasteiger partial charge in [0.2, 0.25) is 0 Å². The fraction of sp³-hybridized carbons (Fsp3) is 0.368. The normalized spacial score (nSPS) is 14.1. The summed E-state index contributed by atoms with van der Waals surface area (Å²) in [5.74, 6) is 0.945. The van der Waals surface area contributed by atoms with Crippen LogP contribution in [0.1, 0.15) is 29.5 Å². The highest BCUT2D eigenvalue weighted by molar-refractivity contribution is 5.30. The van der Waals surface area contributed by atoms with Gasteiger partial charge in [-0.2, -0.15) is 0 Å². The summed E-state index contributed by atoms with van der Waals surface area (Å²) >= 11 is 0. The maximum Gasteiger partial charge on any atom is 0.120 e. The van der Waals surface area contributed by atoms with Crippen molar-refractivity contribution in [2.45, 2.75) is 38.8 Å². The molecule has 0 heterocycles. The van der Waals surface area contributed by atoms with Crippen molar-refractivity contribution in [1.82, 2.24) is 5.32 Å². The van der Waals surface area contributed by atoms with Crippen molar-refractivity contribution >= 4 is 0 Å². The van der Waals surface area contributed by atoms with Crippen LogP contribution in [0.4, 0.5) is 0 Å². The monoisotopic (exact) mass is 281 g/mol. The van der Waals surface area contributed by atoms with E-state index in [-0.39, 0.29) is 0 Å². The Morgan fingerprint density at radius 2 is 1.86 bits per heavy atom. The zero-order valence-corrected chi connectivity index (χ0v) is 12.6. The van der Waals surface area contributed by atoms with E-state index in [9.17, 15) is 0 Å². The van der Waals surface area contributed by atoms with Gasteiger partial charge in [-0.3, -0.25) is 0 Å². The van der Waals surface area contributed by atoms with Crippen molar-refractivity contribution in [3.05, 3.63) is 65.2 Å². The molecule has 1 aliphatic carbocycles. The molecule has 1 fully saturated rings. The standard InChI is InChI=1S/C19H23NO/c1-15-5-4-8-19(13-15)21-14-17-7-3-2-6-16(17)11-12-20-18-9-10-18/h2-8,13,18,20H,9-12,14H2,1H3. The van der Waals surface area contributed by atoms with Crippen LogP contribution in [-0.4, -0.2) is 12.6 Å². The fourth-order valence-corrected chi connectivity index (χ4v) is 2.51. The van der Waals surface area contributed by atoms with Gasteiger partial charge in [-0.15, -0.1) is 0 Å². The Labute approximate surface area is 127 Å². The van der Waals surface area contributed by atoms with E-state index in [0.717, 1.165) is 24.8 Å². The molecule has 0 spiro atoms. The molecule has 0 bridgehead atoms. The van der Waals surface area contributed by atoms with Crippen molar-refractivity contribution in [3.63, 3.8) is 0 Å². The smallest absolute Gasteiger partial charge is 0.120 e. The van der Waals surface area contributed by atoms with Gasteiger partial charge in [0.05, 0.1) is 0 Å². The summed E-state index contributed by atoms with van der Waals surface area (Å²) in [4.78, 5) is 0. The van der Waals surface area contributed by atoms with Crippen molar-refractivity contribution in [2.75, 3.05) is 6.54 Å². The minimum Gasteiger partial charge on any atom is -0.489 e. The van der Waals surface area contributed by atoms with Crippen LogP contribution in [0.3, 0.4) is 0 Å². The predicted molar refractivity (Wildman–Crippen MR) is 86.7 cm³/mol. The summed E-state index contributed by atoms with van der Waals surface area (Å²) in [6.45, 7) is 3.79. The fourth-order valence-electron chi connectivity index (χ4n) is 2.51. The first-order valence-corrected chi connectivity index (χ1v) is 7.81. The molecule has 3 rings (SSSR count). The lowest BCUT2D eigenvalue weighted by Crippen LogP contribution is -2.19. The van der Waals surface area contributed by atoms with E-state index in [4.69, 9.17) is 4.74 Å². The third-order valence-electron chi connectivity index (χ3n) is 3.91. The summed E-state index contributed by atoms with van der Waals surface area (Å²) in [6, 6.07) is 17.6. The first-order valence-electron chi connectivity index (χ1n) is 7.81. The van der Waals surface area contributed by atoms with E-state index in [0.29, 0.717) is 6.61 Å². The van der Waals surface area contributed by atoms with Crippen molar-refractivity contribution in [1.29, 1.82) is 0 Å². The minimum atomic E-state index is 0.642. The Balaban J connectivity index is 1.58. The van der Waals surface area contributed by atoms with Crippen LogP contribution >= 0.6 is 0 Å². The molecule has 2 nitrogen and oxygen atoms in total. The highest BCUT2D eigenvalue weighted by atomic mass is 16.5. The van der Waals surface area contributed by atoms with Gasteiger partial charge in [0.15, 0.2) is 0 Å². The molecule has 1 aliphatic rings. The van der Waals surface area contributed by atoms with Gasteiger partial charge in [-0.25, -0.2) is 0 Å².